The number of hydrogen-bond donors (Lipinski definition) is 1. The number of ether oxygens (including phenoxy) is 1. The van der Waals surface area contributed by atoms with Crippen molar-refractivity contribution < 1.29 is 27.6 Å². The van der Waals surface area contributed by atoms with Crippen molar-refractivity contribution in [1.82, 2.24) is 0 Å². The molecule has 0 radical (unpaired) electrons. The van der Waals surface area contributed by atoms with E-state index in [9.17, 15) is 28.1 Å². The molecule has 0 bridgehead atoms. The zero-order valence-corrected chi connectivity index (χ0v) is 13.3. The van der Waals surface area contributed by atoms with Crippen molar-refractivity contribution in [2.45, 2.75) is 13.1 Å². The van der Waals surface area contributed by atoms with Crippen LogP contribution in [0.25, 0.3) is 0 Å². The van der Waals surface area contributed by atoms with E-state index in [1.54, 1.807) is 0 Å². The number of nitro groups is 1. The molecule has 0 aromatic heterocycles. The Morgan fingerprint density at radius 3 is 2.44 bits per heavy atom. The van der Waals surface area contributed by atoms with Crippen LogP contribution in [-0.4, -0.2) is 10.8 Å². The van der Waals surface area contributed by atoms with Crippen LogP contribution >= 0.6 is 11.6 Å². The van der Waals surface area contributed by atoms with E-state index in [1.165, 1.54) is 19.1 Å². The van der Waals surface area contributed by atoms with E-state index >= 15 is 0 Å². The van der Waals surface area contributed by atoms with E-state index in [2.05, 4.69) is 5.32 Å². The zero-order chi connectivity index (χ0) is 18.8. The molecule has 2 rings (SSSR count). The number of nitrogens with one attached hydrogen (secondary N) is 1. The third-order valence-corrected chi connectivity index (χ3v) is 3.26. The number of anilines is 1. The normalized spacial score (nSPS) is 11.1. The van der Waals surface area contributed by atoms with Gasteiger partial charge in [-0.2, -0.15) is 13.2 Å². The topological polar surface area (TPSA) is 81.5 Å². The molecule has 6 nitrogen and oxygen atoms in total. The quantitative estimate of drug-likeness (QED) is 0.602. The lowest BCUT2D eigenvalue weighted by atomic mass is 10.2. The van der Waals surface area contributed by atoms with E-state index in [1.807, 2.05) is 0 Å². The second-order valence-electron chi connectivity index (χ2n) is 4.86. The SMILES string of the molecule is CC(=O)Nc1cc(Oc2ccc(C(F)(F)F)cc2Cl)ccc1[N+](=O)[O-]. The van der Waals surface area contributed by atoms with Gasteiger partial charge in [-0.1, -0.05) is 11.6 Å². The molecular weight excluding hydrogens is 365 g/mol. The summed E-state index contributed by atoms with van der Waals surface area (Å²) in [5.74, 6) is -0.555. The van der Waals surface area contributed by atoms with Gasteiger partial charge in [0.25, 0.3) is 5.69 Å². The molecule has 0 atom stereocenters. The van der Waals surface area contributed by atoms with Gasteiger partial charge in [0.1, 0.15) is 17.2 Å². The third-order valence-electron chi connectivity index (χ3n) is 2.96. The first-order valence-electron chi connectivity index (χ1n) is 6.68. The van der Waals surface area contributed by atoms with Crippen LogP contribution in [0.2, 0.25) is 5.02 Å². The Hall–Kier alpha value is -2.81. The van der Waals surface area contributed by atoms with E-state index in [0.717, 1.165) is 18.2 Å². The highest BCUT2D eigenvalue weighted by atomic mass is 35.5. The van der Waals surface area contributed by atoms with Gasteiger partial charge in [0.05, 0.1) is 15.5 Å². The lowest BCUT2D eigenvalue weighted by Gasteiger charge is -2.12. The highest BCUT2D eigenvalue weighted by Gasteiger charge is 2.31. The van der Waals surface area contributed by atoms with Crippen molar-refractivity contribution in [3.8, 4) is 11.5 Å². The maximum Gasteiger partial charge on any atom is 0.416 e. The monoisotopic (exact) mass is 374 g/mol. The molecule has 1 amide bonds. The third kappa shape index (κ3) is 4.60. The molecular formula is C15H10ClF3N2O4. The Balaban J connectivity index is 2.34. The molecule has 10 heteroatoms. The Bertz CT molecular complexity index is 840. The average molecular weight is 375 g/mol. The summed E-state index contributed by atoms with van der Waals surface area (Å²) in [5, 5.41) is 12.9. The molecule has 0 heterocycles. The molecule has 132 valence electrons. The molecule has 25 heavy (non-hydrogen) atoms. The molecule has 0 spiro atoms. The van der Waals surface area contributed by atoms with Gasteiger partial charge in [-0.15, -0.1) is 0 Å². The molecule has 0 aliphatic carbocycles. The van der Waals surface area contributed by atoms with Crippen LogP contribution in [0, 0.1) is 10.1 Å². The Morgan fingerprint density at radius 2 is 1.92 bits per heavy atom. The van der Waals surface area contributed by atoms with Crippen LogP contribution in [0.3, 0.4) is 0 Å². The number of nitro benzene ring substituents is 1. The van der Waals surface area contributed by atoms with Gasteiger partial charge in [0.2, 0.25) is 5.91 Å². The van der Waals surface area contributed by atoms with Gasteiger partial charge in [-0.25, -0.2) is 0 Å². The van der Waals surface area contributed by atoms with E-state index in [0.29, 0.717) is 6.07 Å². The summed E-state index contributed by atoms with van der Waals surface area (Å²) in [4.78, 5) is 21.4. The number of carbonyl (C=O) groups excluding carboxylic acids is 1. The smallest absolute Gasteiger partial charge is 0.416 e. The van der Waals surface area contributed by atoms with Gasteiger partial charge >= 0.3 is 6.18 Å². The molecule has 0 aliphatic heterocycles. The molecule has 0 fully saturated rings. The van der Waals surface area contributed by atoms with Gasteiger partial charge < -0.3 is 10.1 Å². The van der Waals surface area contributed by atoms with E-state index in [4.69, 9.17) is 16.3 Å². The minimum Gasteiger partial charge on any atom is -0.456 e. The predicted molar refractivity (Wildman–Crippen MR) is 83.9 cm³/mol. The number of rotatable bonds is 4. The molecule has 0 saturated carbocycles. The summed E-state index contributed by atoms with van der Waals surface area (Å²) in [5.41, 5.74) is -1.41. The number of benzene rings is 2. The van der Waals surface area contributed by atoms with E-state index in [-0.39, 0.29) is 27.9 Å². The molecule has 0 aliphatic rings. The van der Waals surface area contributed by atoms with Crippen LogP contribution in [0.15, 0.2) is 36.4 Å². The lowest BCUT2D eigenvalue weighted by Crippen LogP contribution is -2.08. The van der Waals surface area contributed by atoms with Gasteiger partial charge in [-0.05, 0) is 24.3 Å². The first-order valence-corrected chi connectivity index (χ1v) is 7.06. The van der Waals surface area contributed by atoms with Crippen LogP contribution in [0.1, 0.15) is 12.5 Å². The van der Waals surface area contributed by atoms with Crippen LogP contribution < -0.4 is 10.1 Å². The van der Waals surface area contributed by atoms with Gasteiger partial charge in [0.15, 0.2) is 0 Å². The first-order chi connectivity index (χ1) is 11.6. The summed E-state index contributed by atoms with van der Waals surface area (Å²) in [7, 11) is 0. The second kappa shape index (κ2) is 6.98. The molecule has 0 saturated heterocycles. The predicted octanol–water partition coefficient (Wildman–Crippen LogP) is 5.02. The minimum absolute atomic E-state index is 0.0519. The highest BCUT2D eigenvalue weighted by molar-refractivity contribution is 6.32. The fourth-order valence-electron chi connectivity index (χ4n) is 1.91. The summed E-state index contributed by atoms with van der Waals surface area (Å²) in [6, 6.07) is 6.03. The van der Waals surface area contributed by atoms with Gasteiger partial charge in [0, 0.05) is 19.1 Å². The fraction of sp³-hybridized carbons (Fsp3) is 0.133. The fourth-order valence-corrected chi connectivity index (χ4v) is 2.13. The Labute approximate surface area is 144 Å². The Kier molecular flexibility index (Phi) is 5.17. The number of hydrogen-bond acceptors (Lipinski definition) is 4. The zero-order valence-electron chi connectivity index (χ0n) is 12.6. The van der Waals surface area contributed by atoms with Crippen LogP contribution in [0.4, 0.5) is 24.5 Å². The lowest BCUT2D eigenvalue weighted by molar-refractivity contribution is -0.383. The van der Waals surface area contributed by atoms with E-state index < -0.39 is 22.6 Å². The number of carbonyl (C=O) groups is 1. The Morgan fingerprint density at radius 1 is 1.24 bits per heavy atom. The van der Waals surface area contributed by atoms with Crippen molar-refractivity contribution in [2.75, 3.05) is 5.32 Å². The summed E-state index contributed by atoms with van der Waals surface area (Å²) in [6.07, 6.45) is -4.55. The van der Waals surface area contributed by atoms with Crippen molar-refractivity contribution in [3.05, 3.63) is 57.1 Å². The molecule has 2 aromatic carbocycles. The second-order valence-corrected chi connectivity index (χ2v) is 5.27. The van der Waals surface area contributed by atoms with Crippen molar-refractivity contribution in [1.29, 1.82) is 0 Å². The number of alkyl halides is 3. The maximum atomic E-state index is 12.6. The number of halogens is 4. The number of amides is 1. The first kappa shape index (κ1) is 18.5. The summed E-state index contributed by atoms with van der Waals surface area (Å²) < 4.78 is 43.2. The van der Waals surface area contributed by atoms with Crippen molar-refractivity contribution in [3.63, 3.8) is 0 Å². The summed E-state index contributed by atoms with van der Waals surface area (Å²) >= 11 is 5.79. The standard InChI is InChI=1S/C15H10ClF3N2O4/c1-8(22)20-12-7-10(3-4-13(12)21(23)24)25-14-5-2-9(6-11(14)16)15(17,18)19/h2-7H,1H3,(H,20,22). The number of nitrogens with zero attached hydrogens (tertiary/aromatic N) is 1. The molecule has 1 N–H and O–H groups in total. The van der Waals surface area contributed by atoms with Crippen molar-refractivity contribution >= 4 is 28.9 Å². The van der Waals surface area contributed by atoms with Crippen LogP contribution in [0.5, 0.6) is 11.5 Å². The van der Waals surface area contributed by atoms with Gasteiger partial charge in [-0.3, -0.25) is 14.9 Å². The summed E-state index contributed by atoms with van der Waals surface area (Å²) in [6.45, 7) is 1.17. The largest absolute Gasteiger partial charge is 0.456 e. The van der Waals surface area contributed by atoms with Crippen LogP contribution in [-0.2, 0) is 11.0 Å². The molecule has 0 unspecified atom stereocenters. The average Bonchev–Trinajstić information content (AvgIpc) is 2.47. The van der Waals surface area contributed by atoms with Crippen molar-refractivity contribution in [2.24, 2.45) is 0 Å². The minimum atomic E-state index is -4.55. The maximum absolute atomic E-state index is 12.6. The highest BCUT2D eigenvalue weighted by Crippen LogP contribution is 2.37. The molecule has 2 aromatic rings.